The average molecular weight is 261 g/mol. The van der Waals surface area contributed by atoms with Crippen molar-refractivity contribution >= 4 is 5.97 Å². The van der Waals surface area contributed by atoms with Crippen LogP contribution in [0.2, 0.25) is 0 Å². The van der Waals surface area contributed by atoms with Crippen LogP contribution in [-0.2, 0) is 9.53 Å². The van der Waals surface area contributed by atoms with Crippen LogP contribution in [0.1, 0.15) is 37.4 Å². The number of hydrogen-bond acceptors (Lipinski definition) is 4. The van der Waals surface area contributed by atoms with Crippen molar-refractivity contribution in [2.24, 2.45) is 0 Å². The highest BCUT2D eigenvalue weighted by Gasteiger charge is 2.36. The SMILES string of the molecule is O=C(OC1C[C@H]2CC[C@@H](C1)N2)C(O)c1ccccc1. The van der Waals surface area contributed by atoms with Crippen molar-refractivity contribution < 1.29 is 14.6 Å². The summed E-state index contributed by atoms with van der Waals surface area (Å²) in [6.07, 6.45) is 2.84. The highest BCUT2D eigenvalue weighted by atomic mass is 16.6. The van der Waals surface area contributed by atoms with Crippen LogP contribution in [0.25, 0.3) is 0 Å². The summed E-state index contributed by atoms with van der Waals surface area (Å²) in [6.45, 7) is 0. The first kappa shape index (κ1) is 12.6. The molecule has 0 radical (unpaired) electrons. The molecule has 2 fully saturated rings. The summed E-state index contributed by atoms with van der Waals surface area (Å²) in [7, 11) is 0. The van der Waals surface area contributed by atoms with Gasteiger partial charge in [0.2, 0.25) is 0 Å². The lowest BCUT2D eigenvalue weighted by atomic mass is 10.0. The number of hydrogen-bond donors (Lipinski definition) is 2. The molecule has 1 aromatic rings. The first-order valence-electron chi connectivity index (χ1n) is 6.92. The molecule has 2 N–H and O–H groups in total. The molecule has 0 amide bonds. The summed E-state index contributed by atoms with van der Waals surface area (Å²) < 4.78 is 5.46. The number of rotatable bonds is 3. The van der Waals surface area contributed by atoms with Crippen molar-refractivity contribution in [2.45, 2.75) is 50.0 Å². The number of esters is 1. The van der Waals surface area contributed by atoms with E-state index in [-0.39, 0.29) is 6.10 Å². The second kappa shape index (κ2) is 5.31. The zero-order valence-corrected chi connectivity index (χ0v) is 10.8. The van der Waals surface area contributed by atoms with Crippen LogP contribution in [-0.4, -0.2) is 29.3 Å². The highest BCUT2D eigenvalue weighted by Crippen LogP contribution is 2.29. The Morgan fingerprint density at radius 1 is 1.21 bits per heavy atom. The van der Waals surface area contributed by atoms with Crippen LogP contribution in [0.5, 0.6) is 0 Å². The van der Waals surface area contributed by atoms with E-state index in [4.69, 9.17) is 4.74 Å². The standard InChI is InChI=1S/C15H19NO3/c17-14(10-4-2-1-3-5-10)15(18)19-13-8-11-6-7-12(9-13)16-11/h1-5,11-14,16-17H,6-9H2/t11-,12+,13?,14?. The number of fused-ring (bicyclic) bond motifs is 2. The van der Waals surface area contributed by atoms with Crippen LogP contribution >= 0.6 is 0 Å². The number of aliphatic hydroxyl groups excluding tert-OH is 1. The van der Waals surface area contributed by atoms with Crippen molar-refractivity contribution in [1.29, 1.82) is 0 Å². The van der Waals surface area contributed by atoms with Crippen molar-refractivity contribution in [2.75, 3.05) is 0 Å². The Hall–Kier alpha value is -1.39. The average Bonchev–Trinajstić information content (AvgIpc) is 2.78. The predicted octanol–water partition coefficient (Wildman–Crippen LogP) is 1.55. The topological polar surface area (TPSA) is 58.6 Å². The van der Waals surface area contributed by atoms with E-state index in [0.717, 1.165) is 12.8 Å². The summed E-state index contributed by atoms with van der Waals surface area (Å²) in [5.74, 6) is -0.530. The fraction of sp³-hybridized carbons (Fsp3) is 0.533. The van der Waals surface area contributed by atoms with Gasteiger partial charge in [0, 0.05) is 12.1 Å². The van der Waals surface area contributed by atoms with E-state index < -0.39 is 12.1 Å². The lowest BCUT2D eigenvalue weighted by molar-refractivity contribution is -0.161. The zero-order valence-electron chi connectivity index (χ0n) is 10.8. The maximum absolute atomic E-state index is 12.0. The first-order chi connectivity index (χ1) is 9.22. The molecule has 4 nitrogen and oxygen atoms in total. The van der Waals surface area contributed by atoms with Gasteiger partial charge >= 0.3 is 5.97 Å². The number of aliphatic hydroxyl groups is 1. The maximum atomic E-state index is 12.0. The van der Waals surface area contributed by atoms with Crippen LogP contribution < -0.4 is 5.32 Å². The Labute approximate surface area is 112 Å². The van der Waals surface area contributed by atoms with Gasteiger partial charge in [0.1, 0.15) is 6.10 Å². The molecule has 1 aromatic carbocycles. The second-order valence-electron chi connectivity index (χ2n) is 5.48. The highest BCUT2D eigenvalue weighted by molar-refractivity contribution is 5.76. The quantitative estimate of drug-likeness (QED) is 0.810. The Balaban J connectivity index is 1.59. The molecule has 2 aliphatic heterocycles. The molecule has 4 heteroatoms. The first-order valence-corrected chi connectivity index (χ1v) is 6.92. The zero-order chi connectivity index (χ0) is 13.2. The van der Waals surface area contributed by atoms with E-state index in [2.05, 4.69) is 5.32 Å². The van der Waals surface area contributed by atoms with Crippen LogP contribution in [0, 0.1) is 0 Å². The molecule has 2 heterocycles. The van der Waals surface area contributed by atoms with Crippen LogP contribution in [0.3, 0.4) is 0 Å². The van der Waals surface area contributed by atoms with E-state index in [9.17, 15) is 9.90 Å². The van der Waals surface area contributed by atoms with Crippen molar-refractivity contribution in [3.8, 4) is 0 Å². The second-order valence-corrected chi connectivity index (χ2v) is 5.48. The van der Waals surface area contributed by atoms with E-state index in [1.165, 1.54) is 12.8 Å². The molecule has 0 aliphatic carbocycles. The molecular weight excluding hydrogens is 242 g/mol. The fourth-order valence-corrected chi connectivity index (χ4v) is 3.10. The van der Waals surface area contributed by atoms with E-state index in [0.29, 0.717) is 17.6 Å². The van der Waals surface area contributed by atoms with Crippen molar-refractivity contribution in [3.63, 3.8) is 0 Å². The third-order valence-corrected chi connectivity index (χ3v) is 4.05. The lowest BCUT2D eigenvalue weighted by Crippen LogP contribution is -2.42. The minimum atomic E-state index is -1.17. The van der Waals surface area contributed by atoms with Gasteiger partial charge in [-0.2, -0.15) is 0 Å². The summed E-state index contributed by atoms with van der Waals surface area (Å²) in [5.41, 5.74) is 0.587. The van der Waals surface area contributed by atoms with Crippen LogP contribution in [0.15, 0.2) is 30.3 Å². The predicted molar refractivity (Wildman–Crippen MR) is 70.5 cm³/mol. The van der Waals surface area contributed by atoms with E-state index in [1.807, 2.05) is 6.07 Å². The summed E-state index contributed by atoms with van der Waals surface area (Å²) in [5, 5.41) is 13.5. The maximum Gasteiger partial charge on any atom is 0.339 e. The Morgan fingerprint density at radius 3 is 2.47 bits per heavy atom. The largest absolute Gasteiger partial charge is 0.460 e. The Morgan fingerprint density at radius 2 is 1.84 bits per heavy atom. The van der Waals surface area contributed by atoms with Gasteiger partial charge in [0.25, 0.3) is 0 Å². The smallest absolute Gasteiger partial charge is 0.339 e. The number of piperidine rings is 1. The van der Waals surface area contributed by atoms with Gasteiger partial charge < -0.3 is 15.2 Å². The Kier molecular flexibility index (Phi) is 3.53. The van der Waals surface area contributed by atoms with Gasteiger partial charge in [-0.3, -0.25) is 0 Å². The minimum absolute atomic E-state index is 0.0513. The molecule has 102 valence electrons. The van der Waals surface area contributed by atoms with Gasteiger partial charge in [-0.25, -0.2) is 4.79 Å². The molecule has 19 heavy (non-hydrogen) atoms. The minimum Gasteiger partial charge on any atom is -0.460 e. The van der Waals surface area contributed by atoms with Gasteiger partial charge in [0.15, 0.2) is 6.10 Å². The summed E-state index contributed by atoms with van der Waals surface area (Å²) in [4.78, 5) is 12.0. The molecule has 2 unspecified atom stereocenters. The monoisotopic (exact) mass is 261 g/mol. The van der Waals surface area contributed by atoms with Crippen molar-refractivity contribution in [3.05, 3.63) is 35.9 Å². The van der Waals surface area contributed by atoms with Crippen LogP contribution in [0.4, 0.5) is 0 Å². The van der Waals surface area contributed by atoms with Gasteiger partial charge in [-0.15, -0.1) is 0 Å². The van der Waals surface area contributed by atoms with Gasteiger partial charge in [0.05, 0.1) is 0 Å². The molecule has 2 aliphatic rings. The number of benzene rings is 1. The summed E-state index contributed by atoms with van der Waals surface area (Å²) in [6, 6.07) is 9.88. The molecule has 0 saturated carbocycles. The Bertz CT molecular complexity index is 436. The fourth-order valence-electron chi connectivity index (χ4n) is 3.10. The molecule has 0 aromatic heterocycles. The van der Waals surface area contributed by atoms with E-state index in [1.54, 1.807) is 24.3 Å². The molecule has 3 rings (SSSR count). The number of carbonyl (C=O) groups excluding carboxylic acids is 1. The number of ether oxygens (including phenoxy) is 1. The number of nitrogens with one attached hydrogen (secondary N) is 1. The van der Waals surface area contributed by atoms with E-state index >= 15 is 0 Å². The molecule has 0 spiro atoms. The normalized spacial score (nSPS) is 30.9. The third-order valence-electron chi connectivity index (χ3n) is 4.05. The van der Waals surface area contributed by atoms with Crippen molar-refractivity contribution in [1.82, 2.24) is 5.32 Å². The lowest BCUT2D eigenvalue weighted by Gasteiger charge is -2.29. The summed E-state index contributed by atoms with van der Waals surface area (Å²) >= 11 is 0. The third kappa shape index (κ3) is 2.80. The molecular formula is C15H19NO3. The molecule has 2 bridgehead atoms. The molecule has 4 atom stereocenters. The van der Waals surface area contributed by atoms with Gasteiger partial charge in [-0.1, -0.05) is 30.3 Å². The number of carbonyl (C=O) groups is 1. The molecule has 2 saturated heterocycles. The van der Waals surface area contributed by atoms with Gasteiger partial charge in [-0.05, 0) is 31.2 Å².